The molecule has 0 bridgehead atoms. The van der Waals surface area contributed by atoms with Gasteiger partial charge >= 0.3 is 0 Å². The van der Waals surface area contributed by atoms with Crippen LogP contribution < -0.4 is 0 Å². The minimum Gasteiger partial charge on any atom is -0.369 e. The summed E-state index contributed by atoms with van der Waals surface area (Å²) in [5.41, 5.74) is 0. The van der Waals surface area contributed by atoms with Crippen LogP contribution >= 0.6 is 0 Å². The molecule has 0 rings (SSSR count). The fraction of sp³-hybridized carbons (Fsp3) is 1.00. The van der Waals surface area contributed by atoms with Crippen LogP contribution in [-0.4, -0.2) is 16.1 Å². The molecular weight excluding hydrogens is 92.1 g/mol. The molecule has 0 aromatic carbocycles. The van der Waals surface area contributed by atoms with Gasteiger partial charge in [-0.15, -0.1) is 0 Å². The van der Waals surface area contributed by atoms with Crippen molar-refractivity contribution >= 4 is 11.9 Å². The number of hydrogen-bond acceptors (Lipinski definition) is 3. The van der Waals surface area contributed by atoms with Crippen LogP contribution in [-0.2, 0) is 16.1 Å². The Kier molecular flexibility index (Phi) is 4.13. The smallest absolute Gasteiger partial charge is 0.159 e. The summed E-state index contributed by atoms with van der Waals surface area (Å²) in [6.45, 7) is -0.481. The predicted molar refractivity (Wildman–Crippen MR) is 17.7 cm³/mol. The Morgan fingerprint density at radius 1 is 2.00 bits per heavy atom. The molecule has 4 heteroatoms. The van der Waals surface area contributed by atoms with Gasteiger partial charge in [-0.3, -0.25) is 4.18 Å². The molecule has 0 aromatic rings. The largest absolute Gasteiger partial charge is 0.369 e. The van der Waals surface area contributed by atoms with Crippen molar-refractivity contribution in [2.45, 2.75) is 0 Å². The zero-order chi connectivity index (χ0) is 4.12. The summed E-state index contributed by atoms with van der Waals surface area (Å²) < 4.78 is 12.9. The zero-order valence-corrected chi connectivity index (χ0v) is 3.31. The first-order valence-electron chi connectivity index (χ1n) is 0.970. The van der Waals surface area contributed by atoms with Gasteiger partial charge in [-0.25, -0.2) is 4.21 Å². The lowest BCUT2D eigenvalue weighted by Crippen LogP contribution is -1.81. The average Bonchev–Trinajstić information content (AvgIpc) is 1.41. The molecule has 0 aliphatic rings. The second kappa shape index (κ2) is 4.07. The topological polar surface area (TPSA) is 46.5 Å². The monoisotopic (exact) mass is 96.0 g/mol. The lowest BCUT2D eigenvalue weighted by molar-refractivity contribution is 0.116. The van der Waals surface area contributed by atoms with Gasteiger partial charge in [0.1, 0.15) is 11.9 Å². The van der Waals surface area contributed by atoms with E-state index in [1.165, 1.54) is 0 Å². The van der Waals surface area contributed by atoms with Gasteiger partial charge < -0.3 is 5.11 Å². The van der Waals surface area contributed by atoms with Crippen molar-refractivity contribution in [1.29, 1.82) is 0 Å². The Bertz CT molecular complexity index is 28.1. The molecule has 0 aliphatic heterocycles. The number of hydrogen-bond donors (Lipinski definition) is 2. The van der Waals surface area contributed by atoms with Crippen LogP contribution in [0.2, 0.25) is 0 Å². The molecule has 0 saturated heterocycles. The normalized spacial score (nSPS) is 8.20. The van der Waals surface area contributed by atoms with Crippen molar-refractivity contribution in [3.05, 3.63) is 0 Å². The van der Waals surface area contributed by atoms with E-state index in [9.17, 15) is 0 Å². The van der Waals surface area contributed by atoms with Crippen LogP contribution in [0.25, 0.3) is 0 Å². The van der Waals surface area contributed by atoms with Gasteiger partial charge in [0, 0.05) is 0 Å². The highest BCUT2D eigenvalue weighted by atomic mass is 32.2. The zero-order valence-electron chi connectivity index (χ0n) is 2.42. The predicted octanol–water partition coefficient (Wildman–Crippen LogP) is -1.19. The molecular formula is CH4O3S. The first-order chi connectivity index (χ1) is 2.41. The first-order valence-corrected chi connectivity index (χ1v) is 1.70. The molecule has 0 amide bonds. The van der Waals surface area contributed by atoms with E-state index < -0.39 is 18.7 Å². The highest BCUT2D eigenvalue weighted by molar-refractivity contribution is 7.60. The van der Waals surface area contributed by atoms with Gasteiger partial charge in [0.2, 0.25) is 0 Å². The highest BCUT2D eigenvalue weighted by Gasteiger charge is 1.62. The number of thiol groups is 1. The average molecular weight is 96.1 g/mol. The lowest BCUT2D eigenvalue weighted by atomic mass is 11.6. The molecule has 0 radical (unpaired) electrons. The van der Waals surface area contributed by atoms with E-state index >= 15 is 0 Å². The van der Waals surface area contributed by atoms with Gasteiger partial charge in [0.15, 0.2) is 6.79 Å². The Labute approximate surface area is 33.3 Å². The molecule has 0 saturated carbocycles. The highest BCUT2D eigenvalue weighted by Crippen LogP contribution is 1.55. The molecule has 5 heavy (non-hydrogen) atoms. The third kappa shape index (κ3) is 4.07. The Morgan fingerprint density at radius 2 is 2.60 bits per heavy atom. The molecule has 0 atom stereocenters. The third-order valence-corrected chi connectivity index (χ3v) is 0.331. The van der Waals surface area contributed by atoms with Gasteiger partial charge in [0.25, 0.3) is 0 Å². The van der Waals surface area contributed by atoms with Crippen molar-refractivity contribution in [2.75, 3.05) is 6.79 Å². The summed E-state index contributed by atoms with van der Waals surface area (Å²) in [5, 5.41) is 7.64. The fourth-order valence-electron chi connectivity index (χ4n) is 0.0236. The van der Waals surface area contributed by atoms with E-state index in [1.807, 2.05) is 0 Å². The number of aliphatic hydroxyl groups is 1. The van der Waals surface area contributed by atoms with Gasteiger partial charge in [0.05, 0.1) is 0 Å². The maximum absolute atomic E-state index is 9.12. The Morgan fingerprint density at radius 3 is 2.60 bits per heavy atom. The Balaban J connectivity index is 2.40. The van der Waals surface area contributed by atoms with Crippen LogP contribution in [0, 0.1) is 0 Å². The van der Waals surface area contributed by atoms with Crippen LogP contribution in [0.5, 0.6) is 0 Å². The third-order valence-electron chi connectivity index (χ3n) is 0.110. The van der Waals surface area contributed by atoms with Crippen LogP contribution in [0.3, 0.4) is 0 Å². The van der Waals surface area contributed by atoms with Crippen molar-refractivity contribution in [3.63, 3.8) is 0 Å². The summed E-state index contributed by atoms with van der Waals surface area (Å²) in [6.07, 6.45) is 0. The van der Waals surface area contributed by atoms with Crippen molar-refractivity contribution in [2.24, 2.45) is 0 Å². The molecule has 1 N–H and O–H groups in total. The van der Waals surface area contributed by atoms with Crippen LogP contribution in [0.15, 0.2) is 0 Å². The van der Waals surface area contributed by atoms with Crippen molar-refractivity contribution in [3.8, 4) is 0 Å². The number of rotatable bonds is 2. The van der Waals surface area contributed by atoms with Crippen LogP contribution in [0.1, 0.15) is 0 Å². The maximum Gasteiger partial charge on any atom is 0.159 e. The standard InChI is InChI=1S/CH4O3S/c2-1-4-5-3/h2,5H,1H2. The summed E-state index contributed by atoms with van der Waals surface area (Å²) in [5.74, 6) is 0. The molecule has 0 fully saturated rings. The van der Waals surface area contributed by atoms with E-state index in [2.05, 4.69) is 4.18 Å². The van der Waals surface area contributed by atoms with Gasteiger partial charge in [-0.05, 0) is 0 Å². The van der Waals surface area contributed by atoms with E-state index in [1.54, 1.807) is 0 Å². The molecule has 3 nitrogen and oxygen atoms in total. The minimum atomic E-state index is -0.481. The summed E-state index contributed by atoms with van der Waals surface area (Å²) >= 11 is -0.470. The SMILES string of the molecule is O=[SH]OCO. The number of aliphatic hydroxyl groups excluding tert-OH is 1. The van der Waals surface area contributed by atoms with Crippen LogP contribution in [0.4, 0.5) is 0 Å². The quantitative estimate of drug-likeness (QED) is 0.336. The van der Waals surface area contributed by atoms with Crippen molar-refractivity contribution in [1.82, 2.24) is 0 Å². The maximum atomic E-state index is 9.12. The summed E-state index contributed by atoms with van der Waals surface area (Å²) in [6, 6.07) is 0. The molecule has 0 spiro atoms. The van der Waals surface area contributed by atoms with E-state index in [4.69, 9.17) is 9.32 Å². The minimum absolute atomic E-state index is 0.470. The summed E-state index contributed by atoms with van der Waals surface area (Å²) in [7, 11) is 0. The van der Waals surface area contributed by atoms with Gasteiger partial charge in [-0.1, -0.05) is 0 Å². The second-order valence-electron chi connectivity index (χ2n) is 0.333. The molecule has 32 valence electrons. The molecule has 0 aliphatic carbocycles. The van der Waals surface area contributed by atoms with E-state index in [0.717, 1.165) is 0 Å². The summed E-state index contributed by atoms with van der Waals surface area (Å²) in [4.78, 5) is 0. The lowest BCUT2D eigenvalue weighted by Gasteiger charge is -1.75. The molecule has 0 aromatic heterocycles. The second-order valence-corrected chi connectivity index (χ2v) is 0.740. The van der Waals surface area contributed by atoms with E-state index in [-0.39, 0.29) is 0 Å². The van der Waals surface area contributed by atoms with Crippen molar-refractivity contribution < 1.29 is 13.5 Å². The first kappa shape index (κ1) is 5.07. The molecule has 0 unspecified atom stereocenters. The van der Waals surface area contributed by atoms with E-state index in [0.29, 0.717) is 0 Å². The molecule has 0 heterocycles. The van der Waals surface area contributed by atoms with Gasteiger partial charge in [-0.2, -0.15) is 0 Å². The Hall–Kier alpha value is 0.0700. The fourth-order valence-corrected chi connectivity index (χ4v) is 0.0707.